The van der Waals surface area contributed by atoms with E-state index in [1.165, 1.54) is 0 Å². The summed E-state index contributed by atoms with van der Waals surface area (Å²) in [7, 11) is 0. The van der Waals surface area contributed by atoms with Crippen molar-refractivity contribution >= 4 is 11.9 Å². The van der Waals surface area contributed by atoms with Crippen molar-refractivity contribution in [2.75, 3.05) is 6.61 Å². The van der Waals surface area contributed by atoms with Crippen LogP contribution in [-0.2, 0) is 14.3 Å². The van der Waals surface area contributed by atoms with E-state index >= 15 is 0 Å². The average Bonchev–Trinajstić information content (AvgIpc) is 2.48. The van der Waals surface area contributed by atoms with Crippen LogP contribution in [0.3, 0.4) is 0 Å². The zero-order valence-electron chi connectivity index (χ0n) is 12.2. The van der Waals surface area contributed by atoms with E-state index in [9.17, 15) is 9.59 Å². The standard InChI is InChI=1S/C17H18O4/c1-3-20-15(18)13-8-7-11-17(2,12-13)16(19)21-14-9-5-4-6-10-14/h4-11H,3,12H2,1-2H3. The SMILES string of the molecule is CCOC(=O)C1=CC=CC(C)(C(=O)Oc2ccccc2)C1. The van der Waals surface area contributed by atoms with Crippen LogP contribution in [0.15, 0.2) is 54.1 Å². The Morgan fingerprint density at radius 2 is 1.95 bits per heavy atom. The van der Waals surface area contributed by atoms with Gasteiger partial charge in [0.15, 0.2) is 0 Å². The molecular formula is C17H18O4. The van der Waals surface area contributed by atoms with Crippen molar-refractivity contribution in [2.24, 2.45) is 5.41 Å². The van der Waals surface area contributed by atoms with Gasteiger partial charge in [-0.25, -0.2) is 4.79 Å². The second kappa shape index (κ2) is 6.39. The number of hydrogen-bond acceptors (Lipinski definition) is 4. The van der Waals surface area contributed by atoms with Crippen LogP contribution in [-0.4, -0.2) is 18.5 Å². The lowest BCUT2D eigenvalue weighted by Crippen LogP contribution is -2.33. The number of para-hydroxylation sites is 1. The molecule has 2 rings (SSSR count). The summed E-state index contributed by atoms with van der Waals surface area (Å²) in [6.07, 6.45) is 5.40. The summed E-state index contributed by atoms with van der Waals surface area (Å²) in [6, 6.07) is 8.88. The number of benzene rings is 1. The molecule has 0 heterocycles. The van der Waals surface area contributed by atoms with Gasteiger partial charge in [-0.2, -0.15) is 0 Å². The Hall–Kier alpha value is -2.36. The maximum atomic E-state index is 12.4. The van der Waals surface area contributed by atoms with Gasteiger partial charge in [0, 0.05) is 5.57 Å². The zero-order valence-corrected chi connectivity index (χ0v) is 12.2. The highest BCUT2D eigenvalue weighted by Gasteiger charge is 2.37. The molecule has 0 radical (unpaired) electrons. The van der Waals surface area contributed by atoms with E-state index < -0.39 is 5.41 Å². The van der Waals surface area contributed by atoms with Crippen molar-refractivity contribution in [3.63, 3.8) is 0 Å². The summed E-state index contributed by atoms with van der Waals surface area (Å²) < 4.78 is 10.4. The minimum Gasteiger partial charge on any atom is -0.463 e. The van der Waals surface area contributed by atoms with Gasteiger partial charge in [0.25, 0.3) is 0 Å². The fourth-order valence-corrected chi connectivity index (χ4v) is 2.11. The molecule has 110 valence electrons. The highest BCUT2D eigenvalue weighted by molar-refractivity contribution is 5.92. The van der Waals surface area contributed by atoms with Gasteiger partial charge < -0.3 is 9.47 Å². The Morgan fingerprint density at radius 1 is 1.24 bits per heavy atom. The second-order valence-corrected chi connectivity index (χ2v) is 5.07. The molecule has 1 aliphatic carbocycles. The lowest BCUT2D eigenvalue weighted by Gasteiger charge is -2.26. The summed E-state index contributed by atoms with van der Waals surface area (Å²) in [5.74, 6) is -0.287. The molecular weight excluding hydrogens is 268 g/mol. The van der Waals surface area contributed by atoms with Crippen LogP contribution in [0.25, 0.3) is 0 Å². The van der Waals surface area contributed by atoms with Gasteiger partial charge in [0.1, 0.15) is 5.75 Å². The summed E-state index contributed by atoms with van der Waals surface area (Å²) in [5, 5.41) is 0. The first kappa shape index (κ1) is 15.0. The quantitative estimate of drug-likeness (QED) is 0.630. The normalized spacial score (nSPS) is 20.6. The van der Waals surface area contributed by atoms with E-state index in [-0.39, 0.29) is 18.4 Å². The van der Waals surface area contributed by atoms with E-state index in [2.05, 4.69) is 0 Å². The Kier molecular flexibility index (Phi) is 4.58. The van der Waals surface area contributed by atoms with Crippen molar-refractivity contribution in [3.05, 3.63) is 54.1 Å². The third kappa shape index (κ3) is 3.60. The predicted octanol–water partition coefficient (Wildman–Crippen LogP) is 3.05. The van der Waals surface area contributed by atoms with Gasteiger partial charge in [-0.3, -0.25) is 4.79 Å². The number of ether oxygens (including phenoxy) is 2. The van der Waals surface area contributed by atoms with Crippen LogP contribution in [0, 0.1) is 5.41 Å². The van der Waals surface area contributed by atoms with E-state index in [0.717, 1.165) is 0 Å². The van der Waals surface area contributed by atoms with Gasteiger partial charge in [-0.15, -0.1) is 0 Å². The number of hydrogen-bond donors (Lipinski definition) is 0. The highest BCUT2D eigenvalue weighted by atomic mass is 16.5. The zero-order chi connectivity index (χ0) is 15.3. The van der Waals surface area contributed by atoms with Crippen LogP contribution in [0.2, 0.25) is 0 Å². The van der Waals surface area contributed by atoms with Crippen LogP contribution in [0.5, 0.6) is 5.75 Å². The molecule has 1 aliphatic rings. The van der Waals surface area contributed by atoms with E-state index in [1.807, 2.05) is 6.07 Å². The molecule has 0 spiro atoms. The average molecular weight is 286 g/mol. The van der Waals surface area contributed by atoms with Gasteiger partial charge in [-0.1, -0.05) is 36.4 Å². The topological polar surface area (TPSA) is 52.6 Å². The molecule has 0 saturated heterocycles. The molecule has 1 aromatic rings. The maximum Gasteiger partial charge on any atom is 0.334 e. The molecule has 1 unspecified atom stereocenters. The number of rotatable bonds is 4. The highest BCUT2D eigenvalue weighted by Crippen LogP contribution is 2.33. The molecule has 0 N–H and O–H groups in total. The molecule has 0 bridgehead atoms. The smallest absolute Gasteiger partial charge is 0.334 e. The number of carbonyl (C=O) groups is 2. The molecule has 4 heteroatoms. The lowest BCUT2D eigenvalue weighted by atomic mass is 9.80. The molecule has 1 aromatic carbocycles. The first-order valence-corrected chi connectivity index (χ1v) is 6.88. The van der Waals surface area contributed by atoms with Crippen molar-refractivity contribution in [1.82, 2.24) is 0 Å². The molecule has 1 atom stereocenters. The largest absolute Gasteiger partial charge is 0.463 e. The van der Waals surface area contributed by atoms with Crippen molar-refractivity contribution in [2.45, 2.75) is 20.3 Å². The molecule has 0 aliphatic heterocycles. The third-order valence-corrected chi connectivity index (χ3v) is 3.28. The van der Waals surface area contributed by atoms with Gasteiger partial charge in [0.2, 0.25) is 0 Å². The fourth-order valence-electron chi connectivity index (χ4n) is 2.11. The summed E-state index contributed by atoms with van der Waals surface area (Å²) in [6.45, 7) is 3.81. The fraction of sp³-hybridized carbons (Fsp3) is 0.294. The Balaban J connectivity index is 2.09. The Labute approximate surface area is 124 Å². The van der Waals surface area contributed by atoms with E-state index in [4.69, 9.17) is 9.47 Å². The molecule has 0 amide bonds. The maximum absolute atomic E-state index is 12.4. The van der Waals surface area contributed by atoms with Gasteiger partial charge in [-0.05, 0) is 32.4 Å². The number of allylic oxidation sites excluding steroid dienone is 2. The monoisotopic (exact) mass is 286 g/mol. The van der Waals surface area contributed by atoms with Crippen molar-refractivity contribution in [1.29, 1.82) is 0 Å². The summed E-state index contributed by atoms with van der Waals surface area (Å²) in [5.41, 5.74) is -0.390. The first-order valence-electron chi connectivity index (χ1n) is 6.88. The van der Waals surface area contributed by atoms with Crippen molar-refractivity contribution in [3.8, 4) is 5.75 Å². The minimum absolute atomic E-state index is 0.272. The Morgan fingerprint density at radius 3 is 2.62 bits per heavy atom. The van der Waals surface area contributed by atoms with E-state index in [0.29, 0.717) is 17.9 Å². The molecule has 0 saturated carbocycles. The van der Waals surface area contributed by atoms with Crippen LogP contribution in [0.1, 0.15) is 20.3 Å². The molecule has 0 fully saturated rings. The first-order chi connectivity index (χ1) is 10.0. The minimum atomic E-state index is -0.868. The van der Waals surface area contributed by atoms with E-state index in [1.54, 1.807) is 56.3 Å². The second-order valence-electron chi connectivity index (χ2n) is 5.07. The van der Waals surface area contributed by atoms with Crippen LogP contribution >= 0.6 is 0 Å². The third-order valence-electron chi connectivity index (χ3n) is 3.28. The number of esters is 2. The lowest BCUT2D eigenvalue weighted by molar-refractivity contribution is -0.143. The molecule has 4 nitrogen and oxygen atoms in total. The summed E-state index contributed by atoms with van der Waals surface area (Å²) >= 11 is 0. The van der Waals surface area contributed by atoms with Crippen molar-refractivity contribution < 1.29 is 19.1 Å². The van der Waals surface area contributed by atoms with Gasteiger partial charge in [0.05, 0.1) is 12.0 Å². The predicted molar refractivity (Wildman–Crippen MR) is 78.7 cm³/mol. The molecule has 0 aromatic heterocycles. The summed E-state index contributed by atoms with van der Waals surface area (Å²) in [4.78, 5) is 24.2. The molecule has 21 heavy (non-hydrogen) atoms. The van der Waals surface area contributed by atoms with Crippen LogP contribution < -0.4 is 4.74 Å². The van der Waals surface area contributed by atoms with Gasteiger partial charge >= 0.3 is 11.9 Å². The van der Waals surface area contributed by atoms with Crippen LogP contribution in [0.4, 0.5) is 0 Å². The number of carbonyl (C=O) groups excluding carboxylic acids is 2. The Bertz CT molecular complexity index is 586.